The van der Waals surface area contributed by atoms with Gasteiger partial charge >= 0.3 is 0 Å². The van der Waals surface area contributed by atoms with E-state index in [0.29, 0.717) is 5.84 Å². The number of rotatable bonds is 6. The van der Waals surface area contributed by atoms with Crippen molar-refractivity contribution in [1.29, 1.82) is 5.41 Å². The first-order valence-corrected chi connectivity index (χ1v) is 9.09. The van der Waals surface area contributed by atoms with E-state index in [1.54, 1.807) is 12.4 Å². The van der Waals surface area contributed by atoms with Crippen LogP contribution >= 0.6 is 0 Å². The van der Waals surface area contributed by atoms with Crippen LogP contribution in [0.3, 0.4) is 0 Å². The van der Waals surface area contributed by atoms with E-state index in [0.717, 1.165) is 29.2 Å². The lowest BCUT2D eigenvalue weighted by molar-refractivity contribution is 0.387. The summed E-state index contributed by atoms with van der Waals surface area (Å²) in [6.45, 7) is 6.63. The molecule has 1 aromatic carbocycles. The number of aromatic nitrogens is 1. The van der Waals surface area contributed by atoms with E-state index >= 15 is 0 Å². The smallest absolute Gasteiger partial charge is 0.129 e. The van der Waals surface area contributed by atoms with Gasteiger partial charge in [-0.25, -0.2) is 0 Å². The Kier molecular flexibility index (Phi) is 6.07. The van der Waals surface area contributed by atoms with Gasteiger partial charge in [0.05, 0.1) is 0 Å². The number of nitrogens with zero attached hydrogens (tertiary/aromatic N) is 3. The molecule has 2 N–H and O–H groups in total. The Morgan fingerprint density at radius 1 is 1.14 bits per heavy atom. The van der Waals surface area contributed by atoms with Gasteiger partial charge in [-0.1, -0.05) is 48.6 Å². The molecule has 2 heterocycles. The SMILES string of the molecule is C=C(C)/C=C\C=C1/N(C)C=CN1Cc1ccc(C(=N)Nc2ccncc2)cc1. The Balaban J connectivity index is 1.65. The summed E-state index contributed by atoms with van der Waals surface area (Å²) < 4.78 is 0. The highest BCUT2D eigenvalue weighted by molar-refractivity contribution is 6.06. The molecule has 0 radical (unpaired) electrons. The third-order valence-corrected chi connectivity index (χ3v) is 4.30. The summed E-state index contributed by atoms with van der Waals surface area (Å²) >= 11 is 0. The minimum Gasteiger partial charge on any atom is -0.340 e. The average Bonchev–Trinajstić information content (AvgIpc) is 3.02. The van der Waals surface area contributed by atoms with Crippen LogP contribution in [-0.2, 0) is 6.54 Å². The van der Waals surface area contributed by atoms with Crippen molar-refractivity contribution in [3.8, 4) is 0 Å². The van der Waals surface area contributed by atoms with Gasteiger partial charge in [-0.2, -0.15) is 0 Å². The molecule has 0 atom stereocenters. The Bertz CT molecular complexity index is 923. The molecule has 0 spiro atoms. The van der Waals surface area contributed by atoms with Crippen LogP contribution in [0, 0.1) is 5.41 Å². The van der Waals surface area contributed by atoms with Crippen LogP contribution < -0.4 is 5.32 Å². The first-order chi connectivity index (χ1) is 13.5. The molecular formula is C23H25N5. The Labute approximate surface area is 166 Å². The van der Waals surface area contributed by atoms with Crippen molar-refractivity contribution in [1.82, 2.24) is 14.8 Å². The molecule has 0 fully saturated rings. The molecule has 0 saturated heterocycles. The topological polar surface area (TPSA) is 55.2 Å². The summed E-state index contributed by atoms with van der Waals surface area (Å²) in [5, 5.41) is 11.3. The van der Waals surface area contributed by atoms with Crippen molar-refractivity contribution in [2.75, 3.05) is 12.4 Å². The molecule has 3 rings (SSSR count). The van der Waals surface area contributed by atoms with E-state index < -0.39 is 0 Å². The Hall–Kier alpha value is -3.60. The third kappa shape index (κ3) is 4.98. The van der Waals surface area contributed by atoms with Gasteiger partial charge in [-0.3, -0.25) is 10.4 Å². The molecule has 5 nitrogen and oxygen atoms in total. The monoisotopic (exact) mass is 371 g/mol. The quantitative estimate of drug-likeness (QED) is 0.439. The van der Waals surface area contributed by atoms with Crippen LogP contribution in [0.15, 0.2) is 97.4 Å². The van der Waals surface area contributed by atoms with Crippen LogP contribution in [0.1, 0.15) is 18.1 Å². The maximum atomic E-state index is 8.25. The number of pyridine rings is 1. The van der Waals surface area contributed by atoms with Gasteiger partial charge < -0.3 is 15.1 Å². The van der Waals surface area contributed by atoms with Crippen molar-refractivity contribution < 1.29 is 0 Å². The predicted octanol–water partition coefficient (Wildman–Crippen LogP) is 4.71. The summed E-state index contributed by atoms with van der Waals surface area (Å²) in [5.74, 6) is 1.47. The first-order valence-electron chi connectivity index (χ1n) is 9.09. The summed E-state index contributed by atoms with van der Waals surface area (Å²) in [5.41, 5.74) is 3.90. The van der Waals surface area contributed by atoms with Gasteiger partial charge in [-0.05, 0) is 30.7 Å². The third-order valence-electron chi connectivity index (χ3n) is 4.30. The minimum atomic E-state index is 0.365. The molecule has 1 aliphatic heterocycles. The second-order valence-electron chi connectivity index (χ2n) is 6.70. The average molecular weight is 371 g/mol. The van der Waals surface area contributed by atoms with Gasteiger partial charge in [0, 0.05) is 49.6 Å². The van der Waals surface area contributed by atoms with E-state index in [2.05, 4.69) is 51.1 Å². The zero-order valence-electron chi connectivity index (χ0n) is 16.3. The number of benzene rings is 1. The Morgan fingerprint density at radius 3 is 2.54 bits per heavy atom. The van der Waals surface area contributed by atoms with Crippen LogP contribution in [0.2, 0.25) is 0 Å². The summed E-state index contributed by atoms with van der Waals surface area (Å²) in [6, 6.07) is 11.8. The second-order valence-corrected chi connectivity index (χ2v) is 6.70. The highest BCUT2D eigenvalue weighted by atomic mass is 15.3. The van der Waals surface area contributed by atoms with E-state index in [4.69, 9.17) is 5.41 Å². The number of amidine groups is 1. The molecule has 0 unspecified atom stereocenters. The van der Waals surface area contributed by atoms with Gasteiger partial charge in [0.2, 0.25) is 0 Å². The van der Waals surface area contributed by atoms with Crippen LogP contribution in [0.4, 0.5) is 5.69 Å². The zero-order valence-corrected chi connectivity index (χ0v) is 16.3. The molecule has 1 aromatic heterocycles. The lowest BCUT2D eigenvalue weighted by atomic mass is 10.1. The zero-order chi connectivity index (χ0) is 19.9. The van der Waals surface area contributed by atoms with Gasteiger partial charge in [0.25, 0.3) is 0 Å². The molecule has 1 aliphatic rings. The summed E-state index contributed by atoms with van der Waals surface area (Å²) in [7, 11) is 2.03. The molecule has 0 aliphatic carbocycles. The molecule has 2 aromatic rings. The second kappa shape index (κ2) is 8.86. The molecule has 28 heavy (non-hydrogen) atoms. The van der Waals surface area contributed by atoms with Crippen LogP contribution in [0.25, 0.3) is 0 Å². The highest BCUT2D eigenvalue weighted by Crippen LogP contribution is 2.21. The van der Waals surface area contributed by atoms with E-state index in [9.17, 15) is 0 Å². The largest absolute Gasteiger partial charge is 0.340 e. The molecule has 0 saturated carbocycles. The Morgan fingerprint density at radius 2 is 1.86 bits per heavy atom. The number of nitrogens with one attached hydrogen (secondary N) is 2. The van der Waals surface area contributed by atoms with Gasteiger partial charge in [-0.15, -0.1) is 0 Å². The lowest BCUT2D eigenvalue weighted by Gasteiger charge is -2.22. The molecular weight excluding hydrogens is 346 g/mol. The number of hydrogen-bond donors (Lipinski definition) is 2. The van der Waals surface area contributed by atoms with E-state index in [1.807, 2.05) is 56.6 Å². The standard InChI is InChI=1S/C23H25N5/c1-18(2)5-4-6-22-27(3)15-16-28(22)17-19-7-9-20(10-8-19)23(24)26-21-11-13-25-14-12-21/h4-16H,1,17H2,2-3H3,(H2,24,25,26)/b5-4-,22-6+. The number of allylic oxidation sites excluding steroid dienone is 4. The molecule has 5 heteroatoms. The van der Waals surface area contributed by atoms with Gasteiger partial charge in [0.15, 0.2) is 0 Å². The fraction of sp³-hybridized carbons (Fsp3) is 0.130. The fourth-order valence-corrected chi connectivity index (χ4v) is 2.81. The highest BCUT2D eigenvalue weighted by Gasteiger charge is 2.16. The molecule has 0 amide bonds. The lowest BCUT2D eigenvalue weighted by Crippen LogP contribution is -2.19. The van der Waals surface area contributed by atoms with E-state index in [1.165, 1.54) is 5.56 Å². The van der Waals surface area contributed by atoms with Crippen molar-refractivity contribution in [3.05, 3.63) is 109 Å². The number of anilines is 1. The van der Waals surface area contributed by atoms with Gasteiger partial charge in [0.1, 0.15) is 11.7 Å². The van der Waals surface area contributed by atoms with Crippen LogP contribution in [-0.4, -0.2) is 27.7 Å². The molecule has 142 valence electrons. The van der Waals surface area contributed by atoms with Crippen molar-refractivity contribution >= 4 is 11.5 Å². The summed E-state index contributed by atoms with van der Waals surface area (Å²) in [6.07, 6.45) is 13.6. The van der Waals surface area contributed by atoms with Crippen molar-refractivity contribution in [2.45, 2.75) is 13.5 Å². The van der Waals surface area contributed by atoms with Crippen molar-refractivity contribution in [3.63, 3.8) is 0 Å². The summed E-state index contributed by atoms with van der Waals surface area (Å²) in [4.78, 5) is 8.27. The fourth-order valence-electron chi connectivity index (χ4n) is 2.81. The predicted molar refractivity (Wildman–Crippen MR) is 116 cm³/mol. The van der Waals surface area contributed by atoms with Crippen LogP contribution in [0.5, 0.6) is 0 Å². The maximum absolute atomic E-state index is 8.25. The molecule has 0 bridgehead atoms. The number of hydrogen-bond acceptors (Lipinski definition) is 4. The van der Waals surface area contributed by atoms with E-state index in [-0.39, 0.29) is 0 Å². The minimum absolute atomic E-state index is 0.365. The first kappa shape index (κ1) is 19.2. The van der Waals surface area contributed by atoms with Crippen molar-refractivity contribution in [2.24, 2.45) is 0 Å². The maximum Gasteiger partial charge on any atom is 0.129 e. The normalized spacial score (nSPS) is 14.9.